The second kappa shape index (κ2) is 6.22. The van der Waals surface area contributed by atoms with Crippen LogP contribution in [0.3, 0.4) is 0 Å². The standard InChI is InChI=1S/C16H11ClF2N2OS/c1-2-21(15(22)9-5-11(18)8-12(19)6-9)16-20-13-7-10(17)3-4-14(13)23-16/h3-8H,2H2,1H3. The first-order valence-corrected chi connectivity index (χ1v) is 8.01. The maximum absolute atomic E-state index is 13.3. The van der Waals surface area contributed by atoms with Crippen LogP contribution in [-0.2, 0) is 0 Å². The Morgan fingerprint density at radius 1 is 1.22 bits per heavy atom. The third-order valence-electron chi connectivity index (χ3n) is 3.24. The van der Waals surface area contributed by atoms with Crippen molar-refractivity contribution in [3.05, 3.63) is 58.6 Å². The molecule has 1 aromatic heterocycles. The van der Waals surface area contributed by atoms with E-state index in [4.69, 9.17) is 11.6 Å². The number of benzene rings is 2. The Morgan fingerprint density at radius 2 is 1.91 bits per heavy atom. The minimum absolute atomic E-state index is 0.0540. The number of carbonyl (C=O) groups excluding carboxylic acids is 1. The van der Waals surface area contributed by atoms with Crippen LogP contribution >= 0.6 is 22.9 Å². The van der Waals surface area contributed by atoms with E-state index in [1.807, 2.05) is 6.07 Å². The number of hydrogen-bond acceptors (Lipinski definition) is 3. The molecule has 118 valence electrons. The predicted molar refractivity (Wildman–Crippen MR) is 88.3 cm³/mol. The minimum Gasteiger partial charge on any atom is -0.284 e. The molecule has 0 spiro atoms. The van der Waals surface area contributed by atoms with Crippen molar-refractivity contribution in [2.45, 2.75) is 6.92 Å². The van der Waals surface area contributed by atoms with Gasteiger partial charge in [-0.3, -0.25) is 9.69 Å². The molecule has 1 heterocycles. The van der Waals surface area contributed by atoms with E-state index >= 15 is 0 Å². The van der Waals surface area contributed by atoms with E-state index in [9.17, 15) is 13.6 Å². The Bertz CT molecular complexity index is 877. The number of rotatable bonds is 3. The lowest BCUT2D eigenvalue weighted by molar-refractivity contribution is 0.0987. The lowest BCUT2D eigenvalue weighted by Gasteiger charge is -2.17. The number of halogens is 3. The molecule has 3 nitrogen and oxygen atoms in total. The van der Waals surface area contributed by atoms with Gasteiger partial charge in [-0.15, -0.1) is 0 Å². The normalized spacial score (nSPS) is 11.0. The SMILES string of the molecule is CCN(C(=O)c1cc(F)cc(F)c1)c1nc2cc(Cl)ccc2s1. The molecule has 0 fully saturated rings. The number of thiazole rings is 1. The summed E-state index contributed by atoms with van der Waals surface area (Å²) in [5.74, 6) is -2.09. The molecule has 0 saturated carbocycles. The minimum atomic E-state index is -0.791. The maximum Gasteiger partial charge on any atom is 0.260 e. The molecule has 7 heteroatoms. The van der Waals surface area contributed by atoms with Crippen LogP contribution in [0.25, 0.3) is 10.2 Å². The first-order valence-electron chi connectivity index (χ1n) is 6.82. The van der Waals surface area contributed by atoms with Crippen LogP contribution in [0, 0.1) is 11.6 Å². The third kappa shape index (κ3) is 3.18. The van der Waals surface area contributed by atoms with Gasteiger partial charge in [-0.1, -0.05) is 22.9 Å². The van der Waals surface area contributed by atoms with Gasteiger partial charge in [0.1, 0.15) is 11.6 Å². The van der Waals surface area contributed by atoms with Crippen LogP contribution in [0.4, 0.5) is 13.9 Å². The Hall–Kier alpha value is -2.05. The van der Waals surface area contributed by atoms with Gasteiger partial charge in [0, 0.05) is 23.2 Å². The van der Waals surface area contributed by atoms with Gasteiger partial charge in [0.25, 0.3) is 5.91 Å². The highest BCUT2D eigenvalue weighted by atomic mass is 35.5. The van der Waals surface area contributed by atoms with Crippen LogP contribution in [-0.4, -0.2) is 17.4 Å². The Balaban J connectivity index is 2.01. The zero-order valence-electron chi connectivity index (χ0n) is 12.0. The van der Waals surface area contributed by atoms with Crippen LogP contribution in [0.5, 0.6) is 0 Å². The fourth-order valence-electron chi connectivity index (χ4n) is 2.20. The lowest BCUT2D eigenvalue weighted by Crippen LogP contribution is -2.30. The monoisotopic (exact) mass is 352 g/mol. The average Bonchev–Trinajstić information content (AvgIpc) is 2.89. The summed E-state index contributed by atoms with van der Waals surface area (Å²) >= 11 is 7.25. The predicted octanol–water partition coefficient (Wildman–Crippen LogP) is 4.89. The quantitative estimate of drug-likeness (QED) is 0.672. The summed E-state index contributed by atoms with van der Waals surface area (Å²) in [7, 11) is 0. The van der Waals surface area contributed by atoms with Gasteiger partial charge in [0.05, 0.1) is 10.2 Å². The highest BCUT2D eigenvalue weighted by Gasteiger charge is 2.21. The van der Waals surface area contributed by atoms with Crippen molar-refractivity contribution in [3.8, 4) is 0 Å². The molecule has 0 atom stereocenters. The van der Waals surface area contributed by atoms with E-state index in [0.717, 1.165) is 22.9 Å². The number of fused-ring (bicyclic) bond motifs is 1. The Kier molecular flexibility index (Phi) is 4.28. The van der Waals surface area contributed by atoms with Gasteiger partial charge in [-0.05, 0) is 37.3 Å². The summed E-state index contributed by atoms with van der Waals surface area (Å²) in [6.07, 6.45) is 0. The molecule has 23 heavy (non-hydrogen) atoms. The van der Waals surface area contributed by atoms with Crippen LogP contribution in [0.2, 0.25) is 5.02 Å². The second-order valence-corrected chi connectivity index (χ2v) is 6.26. The fraction of sp³-hybridized carbons (Fsp3) is 0.125. The van der Waals surface area contributed by atoms with Crippen molar-refractivity contribution in [3.63, 3.8) is 0 Å². The van der Waals surface area contributed by atoms with Gasteiger partial charge in [0.2, 0.25) is 0 Å². The van der Waals surface area contributed by atoms with E-state index in [0.29, 0.717) is 22.2 Å². The van der Waals surface area contributed by atoms with E-state index in [1.165, 1.54) is 16.2 Å². The summed E-state index contributed by atoms with van der Waals surface area (Å²) < 4.78 is 27.5. The largest absolute Gasteiger partial charge is 0.284 e. The molecule has 0 aliphatic carbocycles. The smallest absolute Gasteiger partial charge is 0.260 e. The van der Waals surface area contributed by atoms with Crippen molar-refractivity contribution in [2.75, 3.05) is 11.4 Å². The summed E-state index contributed by atoms with van der Waals surface area (Å²) in [6, 6.07) is 8.02. The molecule has 3 rings (SSSR count). The number of aromatic nitrogens is 1. The van der Waals surface area contributed by atoms with Crippen LogP contribution in [0.15, 0.2) is 36.4 Å². The topological polar surface area (TPSA) is 33.2 Å². The number of carbonyl (C=O) groups is 1. The van der Waals surface area contributed by atoms with Crippen molar-refractivity contribution in [1.29, 1.82) is 0 Å². The number of hydrogen-bond donors (Lipinski definition) is 0. The van der Waals surface area contributed by atoms with E-state index in [-0.39, 0.29) is 5.56 Å². The molecule has 0 aliphatic heterocycles. The molecule has 2 aromatic carbocycles. The van der Waals surface area contributed by atoms with Crippen LogP contribution < -0.4 is 4.90 Å². The molecule has 1 amide bonds. The van der Waals surface area contributed by atoms with E-state index in [2.05, 4.69) is 4.98 Å². The van der Waals surface area contributed by atoms with E-state index < -0.39 is 17.5 Å². The molecule has 0 bridgehead atoms. The highest BCUT2D eigenvalue weighted by molar-refractivity contribution is 7.22. The molecular weight excluding hydrogens is 342 g/mol. The van der Waals surface area contributed by atoms with Gasteiger partial charge in [-0.2, -0.15) is 0 Å². The fourth-order valence-corrected chi connectivity index (χ4v) is 3.38. The summed E-state index contributed by atoms with van der Waals surface area (Å²) in [6.45, 7) is 2.09. The van der Waals surface area contributed by atoms with Gasteiger partial charge >= 0.3 is 0 Å². The number of amides is 1. The summed E-state index contributed by atoms with van der Waals surface area (Å²) in [5, 5.41) is 1.01. The Morgan fingerprint density at radius 3 is 2.57 bits per heavy atom. The first-order chi connectivity index (χ1) is 11.0. The maximum atomic E-state index is 13.3. The van der Waals surface area contributed by atoms with Gasteiger partial charge in [0.15, 0.2) is 5.13 Å². The average molecular weight is 353 g/mol. The van der Waals surface area contributed by atoms with E-state index in [1.54, 1.807) is 19.1 Å². The Labute approximate surface area is 140 Å². The zero-order valence-corrected chi connectivity index (χ0v) is 13.6. The molecule has 0 aliphatic rings. The summed E-state index contributed by atoms with van der Waals surface area (Å²) in [4.78, 5) is 18.3. The molecule has 0 unspecified atom stereocenters. The molecule has 3 aromatic rings. The second-order valence-electron chi connectivity index (χ2n) is 4.82. The molecule has 0 radical (unpaired) electrons. The van der Waals surface area contributed by atoms with Crippen molar-refractivity contribution in [1.82, 2.24) is 4.98 Å². The number of anilines is 1. The van der Waals surface area contributed by atoms with Crippen molar-refractivity contribution >= 4 is 44.2 Å². The molecular formula is C16H11ClF2N2OS. The van der Waals surface area contributed by atoms with Crippen LogP contribution in [0.1, 0.15) is 17.3 Å². The number of nitrogens with zero attached hydrogens (tertiary/aromatic N) is 2. The zero-order chi connectivity index (χ0) is 16.6. The highest BCUT2D eigenvalue weighted by Crippen LogP contribution is 2.31. The van der Waals surface area contributed by atoms with Gasteiger partial charge < -0.3 is 0 Å². The van der Waals surface area contributed by atoms with Gasteiger partial charge in [-0.25, -0.2) is 13.8 Å². The first kappa shape index (κ1) is 15.8. The third-order valence-corrected chi connectivity index (χ3v) is 4.53. The lowest BCUT2D eigenvalue weighted by atomic mass is 10.2. The molecule has 0 saturated heterocycles. The van der Waals surface area contributed by atoms with Crippen molar-refractivity contribution < 1.29 is 13.6 Å². The summed E-state index contributed by atoms with van der Waals surface area (Å²) in [5.41, 5.74) is 0.621. The van der Waals surface area contributed by atoms with Crippen molar-refractivity contribution in [2.24, 2.45) is 0 Å². The molecule has 0 N–H and O–H groups in total.